The van der Waals surface area contributed by atoms with Crippen LogP contribution in [0.1, 0.15) is 21.5 Å². The van der Waals surface area contributed by atoms with Crippen molar-refractivity contribution >= 4 is 11.7 Å². The topological polar surface area (TPSA) is 67.0 Å². The van der Waals surface area contributed by atoms with E-state index in [0.717, 1.165) is 11.1 Å². The molecule has 0 saturated heterocycles. The van der Waals surface area contributed by atoms with Crippen molar-refractivity contribution in [2.75, 3.05) is 12.4 Å². The molecule has 0 radical (unpaired) electrons. The maximum Gasteiger partial charge on any atom is 0.256 e. The van der Waals surface area contributed by atoms with Gasteiger partial charge in [-0.25, -0.2) is 0 Å². The van der Waals surface area contributed by atoms with Gasteiger partial charge in [-0.1, -0.05) is 12.1 Å². The molecule has 0 aliphatic rings. The van der Waals surface area contributed by atoms with Gasteiger partial charge in [0.15, 0.2) is 0 Å². The Balaban J connectivity index is 2.14. The lowest BCUT2D eigenvalue weighted by atomic mass is 10.1. The van der Waals surface area contributed by atoms with Gasteiger partial charge in [0.05, 0.1) is 12.8 Å². The average molecular weight is 245 g/mol. The smallest absolute Gasteiger partial charge is 0.256 e. The van der Waals surface area contributed by atoms with Gasteiger partial charge in [-0.2, -0.15) is 5.10 Å². The number of hydrogen-bond donors (Lipinski definition) is 2. The molecule has 1 aromatic heterocycles. The molecule has 1 aromatic carbocycles. The number of nitrogens with zero attached hydrogens (tertiary/aromatic N) is 1. The number of amides is 1. The highest BCUT2D eigenvalue weighted by molar-refractivity contribution is 6.04. The lowest BCUT2D eigenvalue weighted by Crippen LogP contribution is -2.13. The van der Waals surface area contributed by atoms with Crippen molar-refractivity contribution in [1.82, 2.24) is 10.2 Å². The van der Waals surface area contributed by atoms with Crippen LogP contribution in [-0.2, 0) is 11.3 Å². The van der Waals surface area contributed by atoms with Crippen molar-refractivity contribution in [2.45, 2.75) is 13.5 Å². The summed E-state index contributed by atoms with van der Waals surface area (Å²) in [7, 11) is 1.63. The molecule has 94 valence electrons. The molecule has 5 heteroatoms. The number of rotatable bonds is 4. The SMILES string of the molecule is COCc1cccc(C(=O)Nc2[nH]ncc2C)c1. The molecule has 0 aliphatic heterocycles. The first-order valence-electron chi connectivity index (χ1n) is 5.60. The number of carbonyl (C=O) groups excluding carboxylic acids is 1. The van der Waals surface area contributed by atoms with E-state index in [2.05, 4.69) is 15.5 Å². The summed E-state index contributed by atoms with van der Waals surface area (Å²) < 4.78 is 5.04. The van der Waals surface area contributed by atoms with Gasteiger partial charge >= 0.3 is 0 Å². The summed E-state index contributed by atoms with van der Waals surface area (Å²) in [5.74, 6) is 0.456. The minimum atomic E-state index is -0.166. The number of benzene rings is 1. The predicted molar refractivity (Wildman–Crippen MR) is 68.4 cm³/mol. The summed E-state index contributed by atoms with van der Waals surface area (Å²) in [5.41, 5.74) is 2.46. The van der Waals surface area contributed by atoms with Gasteiger partial charge in [0.1, 0.15) is 5.82 Å². The fraction of sp³-hybridized carbons (Fsp3) is 0.231. The molecule has 0 saturated carbocycles. The van der Waals surface area contributed by atoms with E-state index in [1.807, 2.05) is 25.1 Å². The third-order valence-corrected chi connectivity index (χ3v) is 2.57. The van der Waals surface area contributed by atoms with Crippen LogP contribution in [-0.4, -0.2) is 23.2 Å². The van der Waals surface area contributed by atoms with Gasteiger partial charge in [0, 0.05) is 18.2 Å². The van der Waals surface area contributed by atoms with Crippen LogP contribution >= 0.6 is 0 Å². The predicted octanol–water partition coefficient (Wildman–Crippen LogP) is 2.12. The van der Waals surface area contributed by atoms with Crippen molar-refractivity contribution in [3.05, 3.63) is 47.2 Å². The number of aryl methyl sites for hydroxylation is 1. The monoisotopic (exact) mass is 245 g/mol. The molecule has 0 atom stereocenters. The molecule has 0 unspecified atom stereocenters. The normalized spacial score (nSPS) is 10.3. The van der Waals surface area contributed by atoms with Gasteiger partial charge in [-0.05, 0) is 24.6 Å². The van der Waals surface area contributed by atoms with Crippen LogP contribution in [0, 0.1) is 6.92 Å². The molecule has 2 rings (SSSR count). The molecule has 0 spiro atoms. The number of nitrogens with one attached hydrogen (secondary N) is 2. The van der Waals surface area contributed by atoms with E-state index in [4.69, 9.17) is 4.74 Å². The Hall–Kier alpha value is -2.14. The Morgan fingerprint density at radius 2 is 2.33 bits per heavy atom. The fourth-order valence-corrected chi connectivity index (χ4v) is 1.63. The quantitative estimate of drug-likeness (QED) is 0.867. The second kappa shape index (κ2) is 5.46. The van der Waals surface area contributed by atoms with E-state index in [1.54, 1.807) is 19.4 Å². The van der Waals surface area contributed by atoms with Gasteiger partial charge in [-0.15, -0.1) is 0 Å². The number of hydrogen-bond acceptors (Lipinski definition) is 3. The van der Waals surface area contributed by atoms with Crippen LogP contribution < -0.4 is 5.32 Å². The van der Waals surface area contributed by atoms with Gasteiger partial charge in [-0.3, -0.25) is 9.89 Å². The number of methoxy groups -OCH3 is 1. The van der Waals surface area contributed by atoms with E-state index in [-0.39, 0.29) is 5.91 Å². The van der Waals surface area contributed by atoms with Crippen LogP contribution in [0.25, 0.3) is 0 Å². The van der Waals surface area contributed by atoms with E-state index in [9.17, 15) is 4.79 Å². The second-order valence-corrected chi connectivity index (χ2v) is 4.02. The molecule has 0 bridgehead atoms. The van der Waals surface area contributed by atoms with Crippen molar-refractivity contribution < 1.29 is 9.53 Å². The van der Waals surface area contributed by atoms with Crippen molar-refractivity contribution in [3.63, 3.8) is 0 Å². The maximum absolute atomic E-state index is 12.0. The lowest BCUT2D eigenvalue weighted by Gasteiger charge is -2.05. The van der Waals surface area contributed by atoms with Crippen molar-refractivity contribution in [3.8, 4) is 0 Å². The standard InChI is InChI=1S/C13H15N3O2/c1-9-7-14-16-12(9)15-13(17)11-5-3-4-10(6-11)8-18-2/h3-7H,8H2,1-2H3,(H2,14,15,16,17). The second-order valence-electron chi connectivity index (χ2n) is 4.02. The Morgan fingerprint density at radius 1 is 1.50 bits per heavy atom. The lowest BCUT2D eigenvalue weighted by molar-refractivity contribution is 0.102. The zero-order valence-electron chi connectivity index (χ0n) is 10.4. The molecular formula is C13H15N3O2. The summed E-state index contributed by atoms with van der Waals surface area (Å²) in [6.45, 7) is 2.37. The van der Waals surface area contributed by atoms with Gasteiger partial charge in [0.2, 0.25) is 0 Å². The van der Waals surface area contributed by atoms with E-state index < -0.39 is 0 Å². The molecule has 1 amide bonds. The van der Waals surface area contributed by atoms with E-state index in [1.165, 1.54) is 0 Å². The summed E-state index contributed by atoms with van der Waals surface area (Å²) in [4.78, 5) is 12.0. The highest BCUT2D eigenvalue weighted by Crippen LogP contribution is 2.12. The number of H-pyrrole nitrogens is 1. The molecule has 2 N–H and O–H groups in total. The first kappa shape index (κ1) is 12.3. The largest absolute Gasteiger partial charge is 0.380 e. The average Bonchev–Trinajstić information content (AvgIpc) is 2.76. The van der Waals surface area contributed by atoms with Crippen LogP contribution in [0.3, 0.4) is 0 Å². The highest BCUT2D eigenvalue weighted by Gasteiger charge is 2.09. The number of aromatic amines is 1. The minimum absolute atomic E-state index is 0.166. The van der Waals surface area contributed by atoms with Crippen LogP contribution in [0.4, 0.5) is 5.82 Å². The van der Waals surface area contributed by atoms with E-state index >= 15 is 0 Å². The fourth-order valence-electron chi connectivity index (χ4n) is 1.63. The Labute approximate surface area is 105 Å². The third kappa shape index (κ3) is 2.75. The Kier molecular flexibility index (Phi) is 3.74. The first-order valence-corrected chi connectivity index (χ1v) is 5.60. The molecule has 5 nitrogen and oxygen atoms in total. The highest BCUT2D eigenvalue weighted by atomic mass is 16.5. The first-order chi connectivity index (χ1) is 8.70. The Morgan fingerprint density at radius 3 is 3.00 bits per heavy atom. The van der Waals surface area contributed by atoms with Gasteiger partial charge in [0.25, 0.3) is 5.91 Å². The number of anilines is 1. The number of aromatic nitrogens is 2. The van der Waals surface area contributed by atoms with E-state index in [0.29, 0.717) is 18.0 Å². The number of carbonyl (C=O) groups is 1. The Bertz CT molecular complexity index is 549. The molecule has 18 heavy (non-hydrogen) atoms. The molecule has 1 heterocycles. The zero-order chi connectivity index (χ0) is 13.0. The maximum atomic E-state index is 12.0. The third-order valence-electron chi connectivity index (χ3n) is 2.57. The minimum Gasteiger partial charge on any atom is -0.380 e. The molecule has 2 aromatic rings. The van der Waals surface area contributed by atoms with Crippen LogP contribution in [0.15, 0.2) is 30.5 Å². The van der Waals surface area contributed by atoms with Crippen molar-refractivity contribution in [1.29, 1.82) is 0 Å². The summed E-state index contributed by atoms with van der Waals surface area (Å²) in [6, 6.07) is 7.33. The summed E-state index contributed by atoms with van der Waals surface area (Å²) >= 11 is 0. The van der Waals surface area contributed by atoms with Crippen LogP contribution in [0.5, 0.6) is 0 Å². The summed E-state index contributed by atoms with van der Waals surface area (Å²) in [6.07, 6.45) is 1.66. The molecule has 0 fully saturated rings. The molecule has 0 aliphatic carbocycles. The van der Waals surface area contributed by atoms with Crippen LogP contribution in [0.2, 0.25) is 0 Å². The van der Waals surface area contributed by atoms with Gasteiger partial charge < -0.3 is 10.1 Å². The molecular weight excluding hydrogens is 230 g/mol. The van der Waals surface area contributed by atoms with Crippen molar-refractivity contribution in [2.24, 2.45) is 0 Å². The summed E-state index contributed by atoms with van der Waals surface area (Å²) in [5, 5.41) is 9.37. The zero-order valence-corrected chi connectivity index (χ0v) is 10.4. The number of ether oxygens (including phenoxy) is 1.